The summed E-state index contributed by atoms with van der Waals surface area (Å²) in [5, 5.41) is 0. The van der Waals surface area contributed by atoms with E-state index in [0.717, 1.165) is 35.7 Å². The second kappa shape index (κ2) is 5.59. The molecule has 0 spiro atoms. The first kappa shape index (κ1) is 14.2. The van der Waals surface area contributed by atoms with Crippen molar-refractivity contribution in [3.8, 4) is 11.5 Å². The Morgan fingerprint density at radius 2 is 1.91 bits per heavy atom. The first-order valence-electron chi connectivity index (χ1n) is 6.99. The molecule has 1 aliphatic rings. The second-order valence-corrected chi connectivity index (χ2v) is 5.15. The number of aromatic nitrogens is 2. The summed E-state index contributed by atoms with van der Waals surface area (Å²) in [6.45, 7) is 1.53. The van der Waals surface area contributed by atoms with Gasteiger partial charge in [0.2, 0.25) is 5.95 Å². The van der Waals surface area contributed by atoms with E-state index in [9.17, 15) is 0 Å². The van der Waals surface area contributed by atoms with Crippen molar-refractivity contribution in [3.05, 3.63) is 29.5 Å². The van der Waals surface area contributed by atoms with E-state index in [1.165, 1.54) is 5.56 Å². The largest absolute Gasteiger partial charge is 0.493 e. The molecule has 7 heteroatoms. The number of benzene rings is 1. The van der Waals surface area contributed by atoms with Crippen molar-refractivity contribution < 1.29 is 9.47 Å². The highest BCUT2D eigenvalue weighted by Gasteiger charge is 2.23. The quantitative estimate of drug-likeness (QED) is 0.875. The van der Waals surface area contributed by atoms with Crippen LogP contribution in [0.1, 0.15) is 11.1 Å². The van der Waals surface area contributed by atoms with Crippen molar-refractivity contribution in [2.45, 2.75) is 13.0 Å². The molecule has 22 heavy (non-hydrogen) atoms. The molecular formula is C15H19N5O2. The van der Waals surface area contributed by atoms with Gasteiger partial charge < -0.3 is 25.8 Å². The van der Waals surface area contributed by atoms with Crippen LogP contribution in [0.25, 0.3) is 0 Å². The van der Waals surface area contributed by atoms with Crippen molar-refractivity contribution in [3.63, 3.8) is 0 Å². The van der Waals surface area contributed by atoms with Gasteiger partial charge in [0.05, 0.1) is 14.2 Å². The van der Waals surface area contributed by atoms with Gasteiger partial charge in [-0.15, -0.1) is 0 Å². The maximum atomic E-state index is 5.92. The monoisotopic (exact) mass is 301 g/mol. The zero-order valence-electron chi connectivity index (χ0n) is 12.7. The highest BCUT2D eigenvalue weighted by atomic mass is 16.5. The van der Waals surface area contributed by atoms with Gasteiger partial charge in [0.25, 0.3) is 0 Å². The molecule has 0 saturated heterocycles. The highest BCUT2D eigenvalue weighted by molar-refractivity contribution is 5.65. The molecule has 0 aliphatic carbocycles. The summed E-state index contributed by atoms with van der Waals surface area (Å²) in [7, 11) is 3.28. The molecular weight excluding hydrogens is 282 g/mol. The topological polar surface area (TPSA) is 99.5 Å². The fourth-order valence-corrected chi connectivity index (χ4v) is 2.71. The van der Waals surface area contributed by atoms with Gasteiger partial charge >= 0.3 is 0 Å². The molecule has 3 rings (SSSR count). The smallest absolute Gasteiger partial charge is 0.221 e. The summed E-state index contributed by atoms with van der Waals surface area (Å²) >= 11 is 0. The van der Waals surface area contributed by atoms with Crippen LogP contribution in [0.15, 0.2) is 18.3 Å². The van der Waals surface area contributed by atoms with Crippen molar-refractivity contribution in [2.75, 3.05) is 37.1 Å². The molecule has 1 aromatic carbocycles. The Hall–Kier alpha value is -2.70. The fourth-order valence-electron chi connectivity index (χ4n) is 2.71. The summed E-state index contributed by atoms with van der Waals surface area (Å²) in [5.41, 5.74) is 14.7. The van der Waals surface area contributed by atoms with E-state index in [1.54, 1.807) is 20.4 Å². The zero-order chi connectivity index (χ0) is 15.7. The van der Waals surface area contributed by atoms with E-state index < -0.39 is 0 Å². The van der Waals surface area contributed by atoms with Crippen LogP contribution < -0.4 is 25.8 Å². The molecule has 2 aromatic rings. The number of nitrogens with two attached hydrogens (primary N) is 2. The van der Waals surface area contributed by atoms with Gasteiger partial charge in [-0.05, 0) is 18.1 Å². The number of anilines is 3. The third-order valence-corrected chi connectivity index (χ3v) is 3.85. The maximum Gasteiger partial charge on any atom is 0.221 e. The normalized spacial score (nSPS) is 13.1. The average Bonchev–Trinajstić information content (AvgIpc) is 2.90. The van der Waals surface area contributed by atoms with Crippen LogP contribution in [0.4, 0.5) is 17.5 Å². The summed E-state index contributed by atoms with van der Waals surface area (Å²) in [6, 6.07) is 4.02. The summed E-state index contributed by atoms with van der Waals surface area (Å²) in [4.78, 5) is 10.2. The second-order valence-electron chi connectivity index (χ2n) is 5.15. The first-order valence-corrected chi connectivity index (χ1v) is 6.99. The lowest BCUT2D eigenvalue weighted by atomic mass is 10.1. The van der Waals surface area contributed by atoms with Gasteiger partial charge in [-0.25, -0.2) is 4.98 Å². The van der Waals surface area contributed by atoms with Gasteiger partial charge in [-0.3, -0.25) is 0 Å². The van der Waals surface area contributed by atoms with Crippen LogP contribution in [0.5, 0.6) is 11.5 Å². The van der Waals surface area contributed by atoms with Crippen LogP contribution in [0, 0.1) is 0 Å². The predicted molar refractivity (Wildman–Crippen MR) is 85.2 cm³/mol. The van der Waals surface area contributed by atoms with Crippen LogP contribution in [0.2, 0.25) is 0 Å². The first-order chi connectivity index (χ1) is 10.6. The van der Waals surface area contributed by atoms with E-state index in [1.807, 2.05) is 12.1 Å². The molecule has 0 atom stereocenters. The summed E-state index contributed by atoms with van der Waals surface area (Å²) < 4.78 is 10.7. The number of ether oxygens (including phenoxy) is 2. The molecule has 0 unspecified atom stereocenters. The molecule has 2 heterocycles. The Bertz CT molecular complexity index is 705. The van der Waals surface area contributed by atoms with E-state index in [-0.39, 0.29) is 5.95 Å². The van der Waals surface area contributed by atoms with E-state index in [2.05, 4.69) is 14.9 Å². The lowest BCUT2D eigenvalue weighted by Crippen LogP contribution is -2.21. The van der Waals surface area contributed by atoms with Crippen LogP contribution in [-0.2, 0) is 13.0 Å². The molecule has 4 N–H and O–H groups in total. The van der Waals surface area contributed by atoms with Crippen LogP contribution in [-0.4, -0.2) is 30.7 Å². The number of methoxy groups -OCH3 is 2. The number of hydrogen-bond donors (Lipinski definition) is 2. The number of nitrogen functional groups attached to an aromatic ring is 2. The van der Waals surface area contributed by atoms with E-state index in [0.29, 0.717) is 12.4 Å². The van der Waals surface area contributed by atoms with Crippen molar-refractivity contribution >= 4 is 17.5 Å². The minimum Gasteiger partial charge on any atom is -0.493 e. The van der Waals surface area contributed by atoms with Crippen LogP contribution >= 0.6 is 0 Å². The molecule has 7 nitrogen and oxygen atoms in total. The van der Waals surface area contributed by atoms with Gasteiger partial charge in [-0.1, -0.05) is 0 Å². The maximum absolute atomic E-state index is 5.92. The van der Waals surface area contributed by atoms with E-state index >= 15 is 0 Å². The average molecular weight is 301 g/mol. The third-order valence-electron chi connectivity index (χ3n) is 3.85. The molecule has 116 valence electrons. The standard InChI is InChI=1S/C15H19N5O2/c1-21-12-5-9-3-4-20(11(9)6-13(12)22-2)8-10-7-18-15(17)19-14(10)16/h5-7H,3-4,8H2,1-2H3,(H4,16,17,18,19). The van der Waals surface area contributed by atoms with Crippen molar-refractivity contribution in [1.29, 1.82) is 0 Å². The zero-order valence-corrected chi connectivity index (χ0v) is 12.7. The molecule has 1 aliphatic heterocycles. The van der Waals surface area contributed by atoms with Gasteiger partial charge in [-0.2, -0.15) is 4.98 Å². The Morgan fingerprint density at radius 3 is 2.59 bits per heavy atom. The summed E-state index contributed by atoms with van der Waals surface area (Å²) in [6.07, 6.45) is 2.63. The predicted octanol–water partition coefficient (Wildman–Crippen LogP) is 1.22. The number of hydrogen-bond acceptors (Lipinski definition) is 7. The Kier molecular flexibility index (Phi) is 3.62. The lowest BCUT2D eigenvalue weighted by Gasteiger charge is -2.21. The molecule has 0 saturated carbocycles. The van der Waals surface area contributed by atoms with Gasteiger partial charge in [0, 0.05) is 36.6 Å². The fraction of sp³-hybridized carbons (Fsp3) is 0.333. The third kappa shape index (κ3) is 2.45. The molecule has 1 aromatic heterocycles. The van der Waals surface area contributed by atoms with E-state index in [4.69, 9.17) is 20.9 Å². The van der Waals surface area contributed by atoms with Crippen LogP contribution in [0.3, 0.4) is 0 Å². The summed E-state index contributed by atoms with van der Waals surface area (Å²) in [5.74, 6) is 2.07. The Labute approximate surface area is 128 Å². The number of rotatable bonds is 4. The highest BCUT2D eigenvalue weighted by Crippen LogP contribution is 2.39. The lowest BCUT2D eigenvalue weighted by molar-refractivity contribution is 0.355. The number of nitrogens with zero attached hydrogens (tertiary/aromatic N) is 3. The molecule has 0 radical (unpaired) electrons. The Balaban J connectivity index is 1.90. The molecule has 0 bridgehead atoms. The molecule has 0 amide bonds. The van der Waals surface area contributed by atoms with Crippen molar-refractivity contribution in [2.24, 2.45) is 0 Å². The number of fused-ring (bicyclic) bond motifs is 1. The van der Waals surface area contributed by atoms with Crippen molar-refractivity contribution in [1.82, 2.24) is 9.97 Å². The SMILES string of the molecule is COc1cc2c(cc1OC)N(Cc1cnc(N)nc1N)CC2. The molecule has 0 fully saturated rings. The van der Waals surface area contributed by atoms with Gasteiger partial charge in [0.15, 0.2) is 11.5 Å². The van der Waals surface area contributed by atoms with Gasteiger partial charge in [0.1, 0.15) is 5.82 Å². The minimum atomic E-state index is 0.189. The Morgan fingerprint density at radius 1 is 1.18 bits per heavy atom. The minimum absolute atomic E-state index is 0.189.